The first-order valence-corrected chi connectivity index (χ1v) is 6.53. The lowest BCUT2D eigenvalue weighted by Gasteiger charge is -2.51. The highest BCUT2D eigenvalue weighted by Crippen LogP contribution is 2.42. The van der Waals surface area contributed by atoms with Gasteiger partial charge in [0.15, 0.2) is 0 Å². The zero-order valence-electron chi connectivity index (χ0n) is 11.2. The van der Waals surface area contributed by atoms with Gasteiger partial charge in [-0.05, 0) is 26.3 Å². The molecule has 0 bridgehead atoms. The van der Waals surface area contributed by atoms with Crippen molar-refractivity contribution in [3.63, 3.8) is 0 Å². The normalized spacial score (nSPS) is 39.8. The van der Waals surface area contributed by atoms with Gasteiger partial charge < -0.3 is 15.4 Å². The van der Waals surface area contributed by atoms with Crippen molar-refractivity contribution >= 4 is 5.91 Å². The molecule has 2 fully saturated rings. The molecule has 0 aromatic rings. The molecule has 1 saturated carbocycles. The molecule has 2 rings (SSSR count). The number of nitrogens with one attached hydrogen (secondary N) is 2. The topological polar surface area (TPSA) is 50.4 Å². The molecule has 4 atom stereocenters. The summed E-state index contributed by atoms with van der Waals surface area (Å²) in [6.45, 7) is 7.35. The van der Waals surface area contributed by atoms with Crippen LogP contribution in [0.1, 0.15) is 33.6 Å². The Morgan fingerprint density at radius 3 is 2.65 bits per heavy atom. The van der Waals surface area contributed by atoms with Gasteiger partial charge in [0, 0.05) is 24.6 Å². The number of ether oxygens (including phenoxy) is 1. The summed E-state index contributed by atoms with van der Waals surface area (Å²) < 4.78 is 5.40. The Kier molecular flexibility index (Phi) is 3.46. The molecule has 1 saturated heterocycles. The minimum absolute atomic E-state index is 0.0552. The highest BCUT2D eigenvalue weighted by Gasteiger charge is 2.49. The van der Waals surface area contributed by atoms with Gasteiger partial charge in [-0.1, -0.05) is 13.8 Å². The molecule has 2 aliphatic rings. The second-order valence-corrected chi connectivity index (χ2v) is 5.98. The minimum atomic E-state index is 0.0552. The van der Waals surface area contributed by atoms with E-state index in [0.29, 0.717) is 6.04 Å². The van der Waals surface area contributed by atoms with Crippen LogP contribution in [0.3, 0.4) is 0 Å². The van der Waals surface area contributed by atoms with Crippen LogP contribution in [-0.4, -0.2) is 37.7 Å². The van der Waals surface area contributed by atoms with Gasteiger partial charge in [-0.3, -0.25) is 4.79 Å². The van der Waals surface area contributed by atoms with Crippen LogP contribution in [0.4, 0.5) is 0 Å². The molecule has 2 N–H and O–H groups in total. The van der Waals surface area contributed by atoms with E-state index in [4.69, 9.17) is 4.74 Å². The highest BCUT2D eigenvalue weighted by atomic mass is 16.5. The van der Waals surface area contributed by atoms with Gasteiger partial charge in [0.05, 0.1) is 12.0 Å². The largest absolute Gasteiger partial charge is 0.381 e. The van der Waals surface area contributed by atoms with Crippen LogP contribution < -0.4 is 10.6 Å². The summed E-state index contributed by atoms with van der Waals surface area (Å²) in [5.41, 5.74) is 0.0552. The average molecular weight is 240 g/mol. The monoisotopic (exact) mass is 240 g/mol. The molecule has 1 aliphatic heterocycles. The lowest BCUT2D eigenvalue weighted by molar-refractivity contribution is -0.136. The van der Waals surface area contributed by atoms with E-state index in [1.807, 2.05) is 0 Å². The van der Waals surface area contributed by atoms with Gasteiger partial charge in [-0.25, -0.2) is 0 Å². The third kappa shape index (κ3) is 2.20. The molecular weight excluding hydrogens is 216 g/mol. The summed E-state index contributed by atoms with van der Waals surface area (Å²) in [6.07, 6.45) is 2.16. The zero-order valence-corrected chi connectivity index (χ0v) is 11.2. The Balaban J connectivity index is 1.88. The Bertz CT molecular complexity index is 304. The molecule has 1 heterocycles. The van der Waals surface area contributed by atoms with Crippen molar-refractivity contribution < 1.29 is 9.53 Å². The summed E-state index contributed by atoms with van der Waals surface area (Å²) in [7, 11) is 1.74. The van der Waals surface area contributed by atoms with E-state index in [0.717, 1.165) is 19.4 Å². The second kappa shape index (κ2) is 4.58. The van der Waals surface area contributed by atoms with Crippen molar-refractivity contribution in [2.24, 2.45) is 11.3 Å². The Hall–Kier alpha value is -0.610. The quantitative estimate of drug-likeness (QED) is 0.771. The predicted octanol–water partition coefficient (Wildman–Crippen LogP) is 0.914. The lowest BCUT2D eigenvalue weighted by atomic mass is 9.64. The van der Waals surface area contributed by atoms with Gasteiger partial charge in [0.2, 0.25) is 5.91 Å². The van der Waals surface area contributed by atoms with Gasteiger partial charge in [0.1, 0.15) is 0 Å². The maximum Gasteiger partial charge on any atom is 0.224 e. The number of amides is 1. The molecule has 0 aromatic carbocycles. The van der Waals surface area contributed by atoms with Crippen LogP contribution in [0.15, 0.2) is 0 Å². The van der Waals surface area contributed by atoms with Crippen molar-refractivity contribution in [2.45, 2.75) is 51.8 Å². The van der Waals surface area contributed by atoms with Crippen LogP contribution >= 0.6 is 0 Å². The Morgan fingerprint density at radius 2 is 2.18 bits per heavy atom. The number of methoxy groups -OCH3 is 1. The van der Waals surface area contributed by atoms with Crippen LogP contribution in [-0.2, 0) is 9.53 Å². The third-order valence-electron chi connectivity index (χ3n) is 4.64. The number of rotatable bonds is 3. The summed E-state index contributed by atoms with van der Waals surface area (Å²) in [4.78, 5) is 12.1. The van der Waals surface area contributed by atoms with Gasteiger partial charge >= 0.3 is 0 Å². The fourth-order valence-electron chi connectivity index (χ4n) is 3.03. The summed E-state index contributed by atoms with van der Waals surface area (Å²) in [6, 6.07) is 0.559. The smallest absolute Gasteiger partial charge is 0.224 e. The van der Waals surface area contributed by atoms with E-state index in [1.165, 1.54) is 0 Å². The van der Waals surface area contributed by atoms with Gasteiger partial charge in [-0.2, -0.15) is 0 Å². The first-order valence-electron chi connectivity index (χ1n) is 6.53. The zero-order chi connectivity index (χ0) is 12.6. The molecule has 0 radical (unpaired) electrons. The maximum atomic E-state index is 12.1. The number of carbonyl (C=O) groups excluding carboxylic acids is 1. The van der Waals surface area contributed by atoms with E-state index in [1.54, 1.807) is 7.11 Å². The fourth-order valence-corrected chi connectivity index (χ4v) is 3.03. The van der Waals surface area contributed by atoms with Gasteiger partial charge in [0.25, 0.3) is 0 Å². The lowest BCUT2D eigenvalue weighted by Crippen LogP contribution is -2.62. The van der Waals surface area contributed by atoms with E-state index in [-0.39, 0.29) is 29.4 Å². The van der Waals surface area contributed by atoms with Crippen molar-refractivity contribution in [3.05, 3.63) is 0 Å². The SMILES string of the molecule is COC1CC(NC(=O)C2CCNC2C)C1(C)C. The Labute approximate surface area is 103 Å². The number of hydrogen-bond donors (Lipinski definition) is 2. The van der Waals surface area contributed by atoms with E-state index < -0.39 is 0 Å². The first-order chi connectivity index (χ1) is 7.96. The molecule has 0 spiro atoms. The summed E-state index contributed by atoms with van der Waals surface area (Å²) >= 11 is 0. The predicted molar refractivity (Wildman–Crippen MR) is 66.7 cm³/mol. The number of hydrogen-bond acceptors (Lipinski definition) is 3. The van der Waals surface area contributed by atoms with E-state index in [9.17, 15) is 4.79 Å². The van der Waals surface area contributed by atoms with Crippen LogP contribution in [0.2, 0.25) is 0 Å². The molecule has 17 heavy (non-hydrogen) atoms. The van der Waals surface area contributed by atoms with Crippen molar-refractivity contribution in [1.82, 2.24) is 10.6 Å². The van der Waals surface area contributed by atoms with Crippen LogP contribution in [0.5, 0.6) is 0 Å². The molecule has 98 valence electrons. The van der Waals surface area contributed by atoms with Crippen LogP contribution in [0, 0.1) is 11.3 Å². The van der Waals surface area contributed by atoms with Crippen molar-refractivity contribution in [1.29, 1.82) is 0 Å². The fraction of sp³-hybridized carbons (Fsp3) is 0.923. The van der Waals surface area contributed by atoms with Crippen molar-refractivity contribution in [2.75, 3.05) is 13.7 Å². The van der Waals surface area contributed by atoms with Crippen molar-refractivity contribution in [3.8, 4) is 0 Å². The van der Waals surface area contributed by atoms with Crippen LogP contribution in [0.25, 0.3) is 0 Å². The molecule has 4 unspecified atom stereocenters. The molecule has 0 aromatic heterocycles. The highest BCUT2D eigenvalue weighted by molar-refractivity contribution is 5.80. The molecular formula is C13H24N2O2. The molecule has 4 nitrogen and oxygen atoms in total. The third-order valence-corrected chi connectivity index (χ3v) is 4.64. The summed E-state index contributed by atoms with van der Waals surface area (Å²) in [5.74, 6) is 0.336. The first kappa shape index (κ1) is 12.8. The van der Waals surface area contributed by atoms with E-state index >= 15 is 0 Å². The standard InChI is InChI=1S/C13H24N2O2/c1-8-9(5-6-14-8)12(16)15-10-7-11(17-4)13(10,2)3/h8-11,14H,5-7H2,1-4H3,(H,15,16). The average Bonchev–Trinajstić information content (AvgIpc) is 2.69. The summed E-state index contributed by atoms with van der Waals surface area (Å²) in [5, 5.41) is 6.50. The Morgan fingerprint density at radius 1 is 1.47 bits per heavy atom. The maximum absolute atomic E-state index is 12.1. The molecule has 4 heteroatoms. The van der Waals surface area contributed by atoms with E-state index in [2.05, 4.69) is 31.4 Å². The molecule has 1 aliphatic carbocycles. The minimum Gasteiger partial charge on any atom is -0.381 e. The van der Waals surface area contributed by atoms with Gasteiger partial charge in [-0.15, -0.1) is 0 Å². The second-order valence-electron chi connectivity index (χ2n) is 5.98. The number of carbonyl (C=O) groups is 1. The molecule has 1 amide bonds.